The van der Waals surface area contributed by atoms with Crippen molar-refractivity contribution in [1.82, 2.24) is 0 Å². The van der Waals surface area contributed by atoms with Crippen LogP contribution in [0.5, 0.6) is 0 Å². The average Bonchev–Trinajstić information content (AvgIpc) is 2.39. The lowest BCUT2D eigenvalue weighted by Gasteiger charge is -2.06. The van der Waals surface area contributed by atoms with Crippen LogP contribution in [-0.4, -0.2) is 29.6 Å². The Morgan fingerprint density at radius 2 is 1.85 bits per heavy atom. The number of nitrogens with one attached hydrogen (secondary N) is 1. The van der Waals surface area contributed by atoms with Crippen molar-refractivity contribution in [2.45, 2.75) is 13.3 Å². The molecule has 0 unspecified atom stereocenters. The minimum absolute atomic E-state index is 0.189. The van der Waals surface area contributed by atoms with Crippen LogP contribution in [0.1, 0.15) is 23.7 Å². The number of carboxylic acid groups (broad SMARTS) is 1. The van der Waals surface area contributed by atoms with Crippen LogP contribution in [-0.2, 0) is 14.3 Å². The zero-order valence-corrected chi connectivity index (χ0v) is 11.0. The highest BCUT2D eigenvalue weighted by atomic mass is 16.5. The van der Waals surface area contributed by atoms with E-state index in [1.807, 2.05) is 0 Å². The molecule has 6 heteroatoms. The number of aliphatic carboxylic acids is 1. The maximum atomic E-state index is 11.5. The van der Waals surface area contributed by atoms with Gasteiger partial charge in [0.1, 0.15) is 0 Å². The molecule has 0 bridgehead atoms. The van der Waals surface area contributed by atoms with Gasteiger partial charge in [0.2, 0.25) is 5.91 Å². The second kappa shape index (κ2) is 7.08. The highest BCUT2D eigenvalue weighted by Gasteiger charge is 2.11. The molecule has 0 spiro atoms. The van der Waals surface area contributed by atoms with Crippen LogP contribution in [0.4, 0.5) is 5.69 Å². The molecule has 0 aliphatic heterocycles. The minimum atomic E-state index is -1.21. The van der Waals surface area contributed by atoms with Gasteiger partial charge in [-0.25, -0.2) is 9.59 Å². The Bertz CT molecular complexity index is 533. The normalized spacial score (nSPS) is 9.65. The molecule has 0 aromatic heterocycles. The van der Waals surface area contributed by atoms with Crippen LogP contribution in [0, 0.1) is 0 Å². The van der Waals surface area contributed by atoms with Crippen molar-refractivity contribution >= 4 is 23.5 Å². The summed E-state index contributed by atoms with van der Waals surface area (Å²) in [5.74, 6) is -2.14. The number of carbonyl (C=O) groups excluding carboxylic acids is 2. The molecule has 6 nitrogen and oxygen atoms in total. The minimum Gasteiger partial charge on any atom is -0.478 e. The van der Waals surface area contributed by atoms with E-state index in [1.165, 1.54) is 24.3 Å². The first-order valence-corrected chi connectivity index (χ1v) is 5.92. The Morgan fingerprint density at radius 1 is 1.25 bits per heavy atom. The Labute approximate surface area is 116 Å². The van der Waals surface area contributed by atoms with Crippen molar-refractivity contribution in [3.8, 4) is 0 Å². The van der Waals surface area contributed by atoms with E-state index in [9.17, 15) is 14.4 Å². The predicted molar refractivity (Wildman–Crippen MR) is 72.4 cm³/mol. The molecule has 0 heterocycles. The fraction of sp³-hybridized carbons (Fsp3) is 0.214. The number of hydrogen-bond donors (Lipinski definition) is 2. The Balaban J connectivity index is 2.61. The number of anilines is 1. The van der Waals surface area contributed by atoms with Crippen molar-refractivity contribution < 1.29 is 24.2 Å². The number of benzene rings is 1. The molecule has 2 N–H and O–H groups in total. The summed E-state index contributed by atoms with van der Waals surface area (Å²) in [6.45, 7) is 5.27. The van der Waals surface area contributed by atoms with Crippen molar-refractivity contribution in [2.24, 2.45) is 0 Å². The third kappa shape index (κ3) is 4.56. The first-order valence-electron chi connectivity index (χ1n) is 5.92. The van der Waals surface area contributed by atoms with E-state index in [-0.39, 0.29) is 18.6 Å². The van der Waals surface area contributed by atoms with E-state index in [4.69, 9.17) is 9.84 Å². The van der Waals surface area contributed by atoms with Gasteiger partial charge in [0.15, 0.2) is 0 Å². The van der Waals surface area contributed by atoms with E-state index in [2.05, 4.69) is 11.9 Å². The molecule has 0 atom stereocenters. The molecule has 0 radical (unpaired) electrons. The second-order valence-corrected chi connectivity index (χ2v) is 3.93. The van der Waals surface area contributed by atoms with E-state index < -0.39 is 17.8 Å². The Hall–Kier alpha value is -2.63. The number of carboxylic acids is 1. The zero-order valence-electron chi connectivity index (χ0n) is 11.0. The van der Waals surface area contributed by atoms with Gasteiger partial charge >= 0.3 is 11.9 Å². The van der Waals surface area contributed by atoms with Crippen LogP contribution >= 0.6 is 0 Å². The molecule has 20 heavy (non-hydrogen) atoms. The fourth-order valence-electron chi connectivity index (χ4n) is 1.38. The number of carbonyl (C=O) groups is 3. The van der Waals surface area contributed by atoms with E-state index >= 15 is 0 Å². The number of esters is 1. The third-order valence-corrected chi connectivity index (χ3v) is 2.36. The lowest BCUT2D eigenvalue weighted by atomic mass is 10.2. The first kappa shape index (κ1) is 15.4. The number of hydrogen-bond acceptors (Lipinski definition) is 4. The first-order chi connectivity index (χ1) is 9.43. The molecular formula is C14H15NO5. The molecule has 0 saturated heterocycles. The van der Waals surface area contributed by atoms with Crippen LogP contribution in [0.2, 0.25) is 0 Å². The average molecular weight is 277 g/mol. The van der Waals surface area contributed by atoms with E-state index in [0.29, 0.717) is 11.3 Å². The molecule has 1 rings (SSSR count). The van der Waals surface area contributed by atoms with Crippen LogP contribution in [0.15, 0.2) is 36.4 Å². The summed E-state index contributed by atoms with van der Waals surface area (Å²) in [6, 6.07) is 6.10. The van der Waals surface area contributed by atoms with Gasteiger partial charge in [-0.05, 0) is 31.2 Å². The summed E-state index contributed by atoms with van der Waals surface area (Å²) in [7, 11) is 0. The molecule has 0 aliphatic carbocycles. The molecule has 1 aromatic rings. The monoisotopic (exact) mass is 277 g/mol. The van der Waals surface area contributed by atoms with Crippen LogP contribution in [0.3, 0.4) is 0 Å². The largest absolute Gasteiger partial charge is 0.478 e. The quantitative estimate of drug-likeness (QED) is 0.611. The molecule has 0 saturated carbocycles. The van der Waals surface area contributed by atoms with E-state index in [0.717, 1.165) is 0 Å². The molecular weight excluding hydrogens is 262 g/mol. The number of rotatable bonds is 6. The standard InChI is InChI=1S/C14H15NO5/c1-3-20-14(19)10-4-6-11(7-5-10)15-12(16)8-9(2)13(17)18/h4-7H,2-3,8H2,1H3,(H,15,16)(H,17,18). The molecule has 0 aliphatic rings. The van der Waals surface area contributed by atoms with Crippen molar-refractivity contribution in [3.63, 3.8) is 0 Å². The van der Waals surface area contributed by atoms with Gasteiger partial charge in [-0.15, -0.1) is 0 Å². The summed E-state index contributed by atoms with van der Waals surface area (Å²) >= 11 is 0. The third-order valence-electron chi connectivity index (χ3n) is 2.36. The summed E-state index contributed by atoms with van der Waals surface area (Å²) < 4.78 is 4.82. The lowest BCUT2D eigenvalue weighted by Crippen LogP contribution is -2.15. The summed E-state index contributed by atoms with van der Waals surface area (Å²) in [4.78, 5) is 33.5. The predicted octanol–water partition coefficient (Wildman–Crippen LogP) is 1.83. The molecule has 106 valence electrons. The van der Waals surface area contributed by atoms with Gasteiger partial charge in [-0.3, -0.25) is 4.79 Å². The van der Waals surface area contributed by atoms with Gasteiger partial charge < -0.3 is 15.2 Å². The van der Waals surface area contributed by atoms with Crippen molar-refractivity contribution in [3.05, 3.63) is 42.0 Å². The zero-order chi connectivity index (χ0) is 15.1. The second-order valence-electron chi connectivity index (χ2n) is 3.93. The molecule has 1 amide bonds. The van der Waals surface area contributed by atoms with Crippen molar-refractivity contribution in [1.29, 1.82) is 0 Å². The fourth-order valence-corrected chi connectivity index (χ4v) is 1.38. The number of ether oxygens (including phenoxy) is 1. The van der Waals surface area contributed by atoms with Gasteiger partial charge in [-0.2, -0.15) is 0 Å². The highest BCUT2D eigenvalue weighted by molar-refractivity contribution is 5.99. The van der Waals surface area contributed by atoms with Gasteiger partial charge in [0.05, 0.1) is 18.6 Å². The Morgan fingerprint density at radius 3 is 2.35 bits per heavy atom. The van der Waals surface area contributed by atoms with Gasteiger partial charge in [-0.1, -0.05) is 6.58 Å². The Kier molecular flexibility index (Phi) is 5.46. The van der Waals surface area contributed by atoms with Gasteiger partial charge in [0, 0.05) is 11.3 Å². The lowest BCUT2D eigenvalue weighted by molar-refractivity contribution is -0.133. The highest BCUT2D eigenvalue weighted by Crippen LogP contribution is 2.11. The van der Waals surface area contributed by atoms with Crippen LogP contribution in [0.25, 0.3) is 0 Å². The molecule has 0 fully saturated rings. The van der Waals surface area contributed by atoms with Crippen molar-refractivity contribution in [2.75, 3.05) is 11.9 Å². The van der Waals surface area contributed by atoms with Crippen LogP contribution < -0.4 is 5.32 Å². The maximum Gasteiger partial charge on any atom is 0.338 e. The van der Waals surface area contributed by atoms with E-state index in [1.54, 1.807) is 6.92 Å². The summed E-state index contributed by atoms with van der Waals surface area (Å²) in [5.41, 5.74) is 0.645. The molecule has 1 aromatic carbocycles. The van der Waals surface area contributed by atoms with Gasteiger partial charge in [0.25, 0.3) is 0 Å². The topological polar surface area (TPSA) is 92.7 Å². The summed E-state index contributed by atoms with van der Waals surface area (Å²) in [5, 5.41) is 11.1. The number of amides is 1. The maximum absolute atomic E-state index is 11.5. The SMILES string of the molecule is C=C(CC(=O)Nc1ccc(C(=O)OCC)cc1)C(=O)O. The summed E-state index contributed by atoms with van der Waals surface area (Å²) in [6.07, 6.45) is -0.297. The smallest absolute Gasteiger partial charge is 0.338 e.